The number of carbonyl (C=O) groups is 2. The van der Waals surface area contributed by atoms with Crippen molar-refractivity contribution in [1.82, 2.24) is 0 Å². The zero-order valence-corrected chi connectivity index (χ0v) is 5.13. The Bertz CT molecular complexity index is 423. The standard InChI is InChI=1S/C7H8O4/c1-3-11-7(9)5-4-6(8)10-2/h3H2,1-2H3/i1D3,2D3,3D2,4+1,5+1. The summed E-state index contributed by atoms with van der Waals surface area (Å²) >= 11 is 0. The lowest BCUT2D eigenvalue weighted by Crippen LogP contribution is -2.02. The third-order valence-corrected chi connectivity index (χ3v) is 0.503. The highest BCUT2D eigenvalue weighted by atomic mass is 16.5. The molecule has 0 aromatic heterocycles. The van der Waals surface area contributed by atoms with Gasteiger partial charge in [0.25, 0.3) is 0 Å². The van der Waals surface area contributed by atoms with Crippen LogP contribution in [0.5, 0.6) is 0 Å². The number of methoxy groups -OCH3 is 1. The second-order valence-corrected chi connectivity index (χ2v) is 1.13. The van der Waals surface area contributed by atoms with Gasteiger partial charge >= 0.3 is 11.9 Å². The maximum Gasteiger partial charge on any atom is 0.384 e. The minimum absolute atomic E-state index is 1.41. The van der Waals surface area contributed by atoms with Crippen LogP contribution in [-0.4, -0.2) is 25.5 Å². The molecule has 0 aliphatic heterocycles. The van der Waals surface area contributed by atoms with Crippen LogP contribution in [0.1, 0.15) is 17.8 Å². The number of hydrogen-bond acceptors (Lipinski definition) is 4. The summed E-state index contributed by atoms with van der Waals surface area (Å²) in [5.41, 5.74) is 0. The van der Waals surface area contributed by atoms with Gasteiger partial charge in [-0.05, 0) is 6.85 Å². The highest BCUT2D eigenvalue weighted by Gasteiger charge is 1.95. The minimum atomic E-state index is -3.29. The fraction of sp³-hybridized carbons (Fsp3) is 0.429. The Morgan fingerprint density at radius 3 is 2.91 bits per heavy atom. The first kappa shape index (κ1) is 2.52. The van der Waals surface area contributed by atoms with Crippen molar-refractivity contribution in [3.8, 4) is 11.8 Å². The number of hydrogen-bond donors (Lipinski definition) is 0. The number of esters is 2. The smallest absolute Gasteiger partial charge is 0.384 e. The van der Waals surface area contributed by atoms with E-state index in [1.807, 2.05) is 0 Å². The third-order valence-electron chi connectivity index (χ3n) is 0.503. The Morgan fingerprint density at radius 1 is 1.55 bits per heavy atom. The minimum Gasteiger partial charge on any atom is -0.459 e. The van der Waals surface area contributed by atoms with E-state index in [9.17, 15) is 9.59 Å². The molecule has 0 rings (SSSR count). The van der Waals surface area contributed by atoms with Crippen molar-refractivity contribution < 1.29 is 30.0 Å². The molecule has 0 aliphatic carbocycles. The fourth-order valence-electron chi connectivity index (χ4n) is 0.199. The molecule has 0 aromatic rings. The molecule has 0 radical (unpaired) electrons. The monoisotopic (exact) mass is 166 g/mol. The van der Waals surface area contributed by atoms with E-state index in [-0.39, 0.29) is 0 Å². The van der Waals surface area contributed by atoms with Crippen LogP contribution in [0.25, 0.3) is 0 Å². The van der Waals surface area contributed by atoms with Crippen LogP contribution >= 0.6 is 0 Å². The lowest BCUT2D eigenvalue weighted by molar-refractivity contribution is -0.137. The lowest BCUT2D eigenvalue weighted by Gasteiger charge is -1.90. The average Bonchev–Trinajstić information content (AvgIpc) is 2.09. The van der Waals surface area contributed by atoms with E-state index in [4.69, 9.17) is 11.0 Å². The second-order valence-electron chi connectivity index (χ2n) is 1.13. The zero-order chi connectivity index (χ0) is 15.5. The molecule has 0 heterocycles. The molecule has 11 heavy (non-hydrogen) atoms. The van der Waals surface area contributed by atoms with Gasteiger partial charge in [-0.2, -0.15) is 0 Å². The average molecular weight is 166 g/mol. The van der Waals surface area contributed by atoms with Gasteiger partial charge in [-0.1, -0.05) is 0 Å². The summed E-state index contributed by atoms with van der Waals surface area (Å²) in [7, 11) is -3.04. The van der Waals surface area contributed by atoms with Gasteiger partial charge in [0.05, 0.1) is 20.5 Å². The molecule has 4 nitrogen and oxygen atoms in total. The fourth-order valence-corrected chi connectivity index (χ4v) is 0.199. The summed E-state index contributed by atoms with van der Waals surface area (Å²) in [6.07, 6.45) is 0. The summed E-state index contributed by atoms with van der Waals surface area (Å²) in [6.45, 7) is -6.52. The predicted octanol–water partition coefficient (Wildman–Crippen LogP) is -0.274. The van der Waals surface area contributed by atoms with Crippen molar-refractivity contribution in [2.24, 2.45) is 0 Å². The van der Waals surface area contributed by atoms with Gasteiger partial charge in [-0.3, -0.25) is 0 Å². The molecule has 0 aliphatic rings. The van der Waals surface area contributed by atoms with Gasteiger partial charge in [0.1, 0.15) is 0 Å². The maximum atomic E-state index is 10.9. The Hall–Kier alpha value is -1.50. The van der Waals surface area contributed by atoms with Crippen molar-refractivity contribution in [2.45, 2.75) is 6.85 Å². The molecule has 0 atom stereocenters. The summed E-state index contributed by atoms with van der Waals surface area (Å²) < 4.78 is 61.3. The molecule has 0 aromatic carbocycles. The van der Waals surface area contributed by atoms with Crippen molar-refractivity contribution >= 4 is 11.9 Å². The molecule has 0 fully saturated rings. The van der Waals surface area contributed by atoms with Crippen LogP contribution in [0.4, 0.5) is 0 Å². The first-order valence-electron chi connectivity index (χ1n) is 6.22. The molecule has 0 saturated heterocycles. The van der Waals surface area contributed by atoms with Gasteiger partial charge in [0.2, 0.25) is 0 Å². The van der Waals surface area contributed by atoms with E-state index in [1.165, 1.54) is 11.8 Å². The van der Waals surface area contributed by atoms with Crippen LogP contribution in [0.3, 0.4) is 0 Å². The summed E-state index contributed by atoms with van der Waals surface area (Å²) in [4.78, 5) is 21.7. The highest BCUT2D eigenvalue weighted by molar-refractivity contribution is 5.98. The van der Waals surface area contributed by atoms with Crippen LogP contribution in [-0.2, 0) is 19.1 Å². The Kier molecular flexibility index (Phi) is 1.21. The van der Waals surface area contributed by atoms with Crippen molar-refractivity contribution in [1.29, 1.82) is 0 Å². The van der Waals surface area contributed by atoms with Gasteiger partial charge in [0.15, 0.2) is 0 Å². The first-order chi connectivity index (χ1) is 8.24. The van der Waals surface area contributed by atoms with E-state index in [1.54, 1.807) is 0 Å². The molecule has 0 amide bonds. The second kappa shape index (κ2) is 5.30. The molecule has 0 N–H and O–H groups in total. The summed E-state index contributed by atoms with van der Waals surface area (Å²) in [5.74, 6) is -0.388. The maximum absolute atomic E-state index is 10.9. The molecule has 60 valence electrons. The summed E-state index contributed by atoms with van der Waals surface area (Å²) in [6, 6.07) is 0. The molecule has 0 spiro atoms. The SMILES string of the molecule is [2H]C([2H])([2H])OC(=O)[13C]#[13C]C(=O)OC([2H])([2H])C([2H])([2H])[2H]. The van der Waals surface area contributed by atoms with Gasteiger partial charge < -0.3 is 9.47 Å². The Labute approximate surface area is 75.7 Å². The van der Waals surface area contributed by atoms with E-state index in [0.29, 0.717) is 0 Å². The zero-order valence-electron chi connectivity index (χ0n) is 13.1. The molecule has 4 heteroatoms. The largest absolute Gasteiger partial charge is 0.459 e. The van der Waals surface area contributed by atoms with Crippen LogP contribution in [0, 0.1) is 11.8 Å². The highest BCUT2D eigenvalue weighted by Crippen LogP contribution is 1.74. The summed E-state index contributed by atoms with van der Waals surface area (Å²) in [5, 5.41) is 0. The van der Waals surface area contributed by atoms with Gasteiger partial charge in [0, 0.05) is 16.0 Å². The number of rotatable bonds is 1. The molecule has 0 unspecified atom stereocenters. The third kappa shape index (κ3) is 4.97. The normalized spacial score (nSPS) is 21.8. The predicted molar refractivity (Wildman–Crippen MR) is 36.4 cm³/mol. The molecule has 0 saturated carbocycles. The molecular formula is C7H8O4. The van der Waals surface area contributed by atoms with Crippen molar-refractivity contribution in [3.63, 3.8) is 0 Å². The van der Waals surface area contributed by atoms with Gasteiger partial charge in [-0.25, -0.2) is 9.59 Å². The van der Waals surface area contributed by atoms with E-state index in [2.05, 4.69) is 9.47 Å². The Balaban J connectivity index is 4.63. The van der Waals surface area contributed by atoms with E-state index >= 15 is 0 Å². The number of ether oxygens (including phenoxy) is 2. The van der Waals surface area contributed by atoms with Crippen LogP contribution in [0.2, 0.25) is 0 Å². The molecule has 0 bridgehead atoms. The topological polar surface area (TPSA) is 52.6 Å². The number of carbonyl (C=O) groups excluding carboxylic acids is 2. The van der Waals surface area contributed by atoms with Crippen molar-refractivity contribution in [3.05, 3.63) is 0 Å². The quantitative estimate of drug-likeness (QED) is 0.233. The first-order valence-corrected chi connectivity index (χ1v) is 2.22. The Morgan fingerprint density at radius 2 is 2.27 bits per heavy atom. The van der Waals surface area contributed by atoms with Gasteiger partial charge in [-0.15, -0.1) is 0 Å². The lowest BCUT2D eigenvalue weighted by atomic mass is 10.8. The van der Waals surface area contributed by atoms with Crippen LogP contribution in [0.15, 0.2) is 0 Å². The van der Waals surface area contributed by atoms with Crippen molar-refractivity contribution in [2.75, 3.05) is 13.6 Å². The van der Waals surface area contributed by atoms with E-state index in [0.717, 1.165) is 0 Å². The van der Waals surface area contributed by atoms with E-state index < -0.39 is 32.4 Å². The molecular weight excluding hydrogens is 150 g/mol. The van der Waals surface area contributed by atoms with Crippen LogP contribution < -0.4 is 0 Å².